The van der Waals surface area contributed by atoms with Crippen molar-refractivity contribution in [3.8, 4) is 5.75 Å². The van der Waals surface area contributed by atoms with E-state index >= 15 is 0 Å². The molecule has 0 aliphatic heterocycles. The first-order chi connectivity index (χ1) is 9.57. The lowest BCUT2D eigenvalue weighted by Crippen LogP contribution is -2.44. The van der Waals surface area contributed by atoms with E-state index in [1.807, 2.05) is 38.1 Å². The number of hydrogen-bond acceptors (Lipinski definition) is 5. The van der Waals surface area contributed by atoms with E-state index in [-0.39, 0.29) is 18.5 Å². The fraction of sp³-hybridized carbons (Fsp3) is 0.467. The zero-order valence-electron chi connectivity index (χ0n) is 12.2. The molecular weight excluding hydrogens is 290 g/mol. The summed E-state index contributed by atoms with van der Waals surface area (Å²) < 4.78 is 11.1. The molecule has 1 aliphatic rings. The van der Waals surface area contributed by atoms with Crippen LogP contribution >= 0.6 is 12.4 Å². The molecule has 0 amide bonds. The van der Waals surface area contributed by atoms with Crippen LogP contribution in [0.2, 0.25) is 0 Å². The number of aromatic nitrogens is 2. The maximum absolute atomic E-state index is 6.18. The molecule has 1 unspecified atom stereocenters. The van der Waals surface area contributed by atoms with E-state index in [1.54, 1.807) is 0 Å². The number of halogens is 1. The van der Waals surface area contributed by atoms with Crippen LogP contribution in [0, 0.1) is 6.92 Å². The highest BCUT2D eigenvalue weighted by Crippen LogP contribution is 2.37. The van der Waals surface area contributed by atoms with E-state index in [9.17, 15) is 0 Å². The molecule has 21 heavy (non-hydrogen) atoms. The summed E-state index contributed by atoms with van der Waals surface area (Å²) in [5.74, 6) is 1.85. The molecule has 0 saturated heterocycles. The summed E-state index contributed by atoms with van der Waals surface area (Å²) in [6, 6.07) is 7.87. The Hall–Kier alpha value is -1.59. The van der Waals surface area contributed by atoms with Gasteiger partial charge >= 0.3 is 0 Å². The minimum Gasteiger partial charge on any atom is -0.481 e. The summed E-state index contributed by atoms with van der Waals surface area (Å²) in [4.78, 5) is 4.39. The van der Waals surface area contributed by atoms with Crippen molar-refractivity contribution < 1.29 is 9.26 Å². The summed E-state index contributed by atoms with van der Waals surface area (Å²) >= 11 is 0. The van der Waals surface area contributed by atoms with E-state index < -0.39 is 5.54 Å². The van der Waals surface area contributed by atoms with Gasteiger partial charge in [0.25, 0.3) is 5.89 Å². The molecule has 1 saturated carbocycles. The van der Waals surface area contributed by atoms with Crippen molar-refractivity contribution in [3.05, 3.63) is 41.5 Å². The van der Waals surface area contributed by atoms with Gasteiger partial charge in [0, 0.05) is 0 Å². The molecule has 1 atom stereocenters. The molecule has 2 N–H and O–H groups in total. The van der Waals surface area contributed by atoms with Gasteiger partial charge in [0.2, 0.25) is 0 Å². The van der Waals surface area contributed by atoms with Crippen LogP contribution in [0.15, 0.2) is 28.8 Å². The molecule has 1 aromatic heterocycles. The van der Waals surface area contributed by atoms with Gasteiger partial charge in [-0.15, -0.1) is 12.4 Å². The standard InChI is InChI=1S/C15H19N3O2.ClH/c1-10-4-6-12(7-5-10)19-11(2)13-17-14(18-20-13)15(16)8-3-9-15;/h4-7,11H,3,8-9,16H2,1-2H3;1H. The Balaban J connectivity index is 0.00000161. The molecule has 2 aromatic rings. The van der Waals surface area contributed by atoms with Crippen molar-refractivity contribution in [2.75, 3.05) is 0 Å². The van der Waals surface area contributed by atoms with Crippen LogP contribution in [0.1, 0.15) is 49.6 Å². The van der Waals surface area contributed by atoms with Gasteiger partial charge in [-0.2, -0.15) is 4.98 Å². The number of ether oxygens (including phenoxy) is 1. The van der Waals surface area contributed by atoms with Crippen molar-refractivity contribution in [3.63, 3.8) is 0 Å². The molecule has 0 bridgehead atoms. The first-order valence-corrected chi connectivity index (χ1v) is 6.93. The summed E-state index contributed by atoms with van der Waals surface area (Å²) in [7, 11) is 0. The first kappa shape index (κ1) is 15.8. The number of rotatable bonds is 4. The van der Waals surface area contributed by atoms with Gasteiger partial charge in [-0.1, -0.05) is 22.9 Å². The van der Waals surface area contributed by atoms with Crippen LogP contribution in [0.5, 0.6) is 5.75 Å². The van der Waals surface area contributed by atoms with Crippen molar-refractivity contribution in [2.24, 2.45) is 5.73 Å². The highest BCUT2D eigenvalue weighted by Gasteiger charge is 2.39. The van der Waals surface area contributed by atoms with Gasteiger partial charge in [0.05, 0.1) is 5.54 Å². The van der Waals surface area contributed by atoms with E-state index in [0.29, 0.717) is 11.7 Å². The molecule has 3 rings (SSSR count). The molecule has 0 spiro atoms. The van der Waals surface area contributed by atoms with Crippen LogP contribution in [0.25, 0.3) is 0 Å². The first-order valence-electron chi connectivity index (χ1n) is 6.93. The van der Waals surface area contributed by atoms with Crippen LogP contribution < -0.4 is 10.5 Å². The largest absolute Gasteiger partial charge is 0.481 e. The maximum atomic E-state index is 6.18. The Kier molecular flexibility index (Phi) is 4.54. The van der Waals surface area contributed by atoms with Crippen LogP contribution in [-0.2, 0) is 5.54 Å². The molecular formula is C15H20ClN3O2. The second kappa shape index (κ2) is 6.03. The normalized spacial score (nSPS) is 17.5. The van der Waals surface area contributed by atoms with Gasteiger partial charge in [0.1, 0.15) is 5.75 Å². The number of nitrogens with zero attached hydrogens (tertiary/aromatic N) is 2. The lowest BCUT2D eigenvalue weighted by molar-refractivity contribution is 0.174. The van der Waals surface area contributed by atoms with Gasteiger partial charge in [-0.05, 0) is 45.2 Å². The third-order valence-corrected chi connectivity index (χ3v) is 3.81. The zero-order valence-corrected chi connectivity index (χ0v) is 13.0. The van der Waals surface area contributed by atoms with E-state index in [0.717, 1.165) is 25.0 Å². The van der Waals surface area contributed by atoms with Gasteiger partial charge < -0.3 is 15.0 Å². The highest BCUT2D eigenvalue weighted by molar-refractivity contribution is 5.85. The molecule has 1 aromatic carbocycles. The minimum absolute atomic E-state index is 0. The van der Waals surface area contributed by atoms with Crippen molar-refractivity contribution >= 4 is 12.4 Å². The second-order valence-corrected chi connectivity index (χ2v) is 5.54. The SMILES string of the molecule is Cc1ccc(OC(C)c2nc(C3(N)CCC3)no2)cc1.Cl. The summed E-state index contributed by atoms with van der Waals surface area (Å²) in [5.41, 5.74) is 6.98. The van der Waals surface area contributed by atoms with E-state index in [1.165, 1.54) is 5.56 Å². The summed E-state index contributed by atoms with van der Waals surface area (Å²) in [6.07, 6.45) is 2.66. The average molecular weight is 310 g/mol. The molecule has 6 heteroatoms. The van der Waals surface area contributed by atoms with Crippen LogP contribution in [0.4, 0.5) is 0 Å². The second-order valence-electron chi connectivity index (χ2n) is 5.54. The van der Waals surface area contributed by atoms with Crippen molar-refractivity contribution in [2.45, 2.75) is 44.8 Å². The van der Waals surface area contributed by atoms with Crippen LogP contribution in [-0.4, -0.2) is 10.1 Å². The molecule has 5 nitrogen and oxygen atoms in total. The minimum atomic E-state index is -0.397. The Morgan fingerprint density at radius 2 is 1.95 bits per heavy atom. The predicted octanol–water partition coefficient (Wildman–Crippen LogP) is 3.28. The third-order valence-electron chi connectivity index (χ3n) is 3.81. The molecule has 114 valence electrons. The van der Waals surface area contributed by atoms with Gasteiger partial charge in [-0.3, -0.25) is 0 Å². The highest BCUT2D eigenvalue weighted by atomic mass is 35.5. The summed E-state index contributed by atoms with van der Waals surface area (Å²) in [6.45, 7) is 3.93. The number of aryl methyl sites for hydroxylation is 1. The zero-order chi connectivity index (χ0) is 14.2. The molecule has 1 heterocycles. The lowest BCUT2D eigenvalue weighted by Gasteiger charge is -2.34. The third kappa shape index (κ3) is 3.19. The monoisotopic (exact) mass is 309 g/mol. The smallest absolute Gasteiger partial charge is 0.267 e. The topological polar surface area (TPSA) is 74.2 Å². The molecule has 1 fully saturated rings. The number of hydrogen-bond donors (Lipinski definition) is 1. The predicted molar refractivity (Wildman–Crippen MR) is 81.5 cm³/mol. The van der Waals surface area contributed by atoms with Crippen molar-refractivity contribution in [1.82, 2.24) is 10.1 Å². The Morgan fingerprint density at radius 1 is 1.29 bits per heavy atom. The average Bonchev–Trinajstić information content (AvgIpc) is 2.89. The van der Waals surface area contributed by atoms with Gasteiger partial charge in [-0.25, -0.2) is 0 Å². The van der Waals surface area contributed by atoms with Gasteiger partial charge in [0.15, 0.2) is 11.9 Å². The van der Waals surface area contributed by atoms with Crippen LogP contribution in [0.3, 0.4) is 0 Å². The lowest BCUT2D eigenvalue weighted by atomic mass is 9.77. The summed E-state index contributed by atoms with van der Waals surface area (Å²) in [5, 5.41) is 4.00. The van der Waals surface area contributed by atoms with E-state index in [2.05, 4.69) is 10.1 Å². The van der Waals surface area contributed by atoms with E-state index in [4.69, 9.17) is 15.0 Å². The number of nitrogens with two attached hydrogens (primary N) is 1. The Bertz CT molecular complexity index is 593. The Labute approximate surface area is 130 Å². The fourth-order valence-corrected chi connectivity index (χ4v) is 2.26. The fourth-order valence-electron chi connectivity index (χ4n) is 2.26. The number of benzene rings is 1. The quantitative estimate of drug-likeness (QED) is 0.938. The van der Waals surface area contributed by atoms with Crippen molar-refractivity contribution in [1.29, 1.82) is 0 Å². The Morgan fingerprint density at radius 3 is 2.52 bits per heavy atom. The molecule has 0 radical (unpaired) electrons. The molecule has 1 aliphatic carbocycles. The maximum Gasteiger partial charge on any atom is 0.267 e.